The van der Waals surface area contributed by atoms with Crippen molar-refractivity contribution >= 4 is 23.3 Å². The lowest BCUT2D eigenvalue weighted by molar-refractivity contribution is -0.161. The first kappa shape index (κ1) is 20.2. The topological polar surface area (TPSA) is 104 Å². The zero-order valence-corrected chi connectivity index (χ0v) is 17.3. The maximum atomic E-state index is 13.2. The maximum absolute atomic E-state index is 13.2. The molecule has 2 atom stereocenters. The Morgan fingerprint density at radius 2 is 2.14 bits per heavy atom. The highest BCUT2D eigenvalue weighted by atomic mass is 32.1. The molecule has 0 unspecified atom stereocenters. The van der Waals surface area contributed by atoms with Crippen LogP contribution in [0, 0.1) is 6.92 Å². The Kier molecular flexibility index (Phi) is 5.40. The van der Waals surface area contributed by atoms with Crippen molar-refractivity contribution in [2.24, 2.45) is 0 Å². The van der Waals surface area contributed by atoms with Crippen LogP contribution in [0.3, 0.4) is 0 Å². The minimum Gasteiger partial charge on any atom is -0.466 e. The Balaban J connectivity index is 2.06. The van der Waals surface area contributed by atoms with Gasteiger partial charge in [-0.25, -0.2) is 14.6 Å². The van der Waals surface area contributed by atoms with Gasteiger partial charge in [0.05, 0.1) is 29.9 Å². The van der Waals surface area contributed by atoms with Crippen LogP contribution in [0.5, 0.6) is 0 Å². The summed E-state index contributed by atoms with van der Waals surface area (Å²) < 4.78 is 15.7. The number of aryl methyl sites for hydroxylation is 1. The van der Waals surface area contributed by atoms with Gasteiger partial charge in [-0.1, -0.05) is 5.16 Å². The number of ether oxygens (including phenoxy) is 2. The fraction of sp³-hybridized carbons (Fsp3) is 0.474. The summed E-state index contributed by atoms with van der Waals surface area (Å²) >= 11 is 1.43. The summed E-state index contributed by atoms with van der Waals surface area (Å²) in [5, 5.41) is 9.10. The number of hydrogen-bond donors (Lipinski definition) is 1. The molecule has 0 saturated heterocycles. The van der Waals surface area contributed by atoms with Crippen molar-refractivity contribution in [1.82, 2.24) is 15.5 Å². The van der Waals surface area contributed by atoms with Gasteiger partial charge in [-0.15, -0.1) is 11.3 Å². The summed E-state index contributed by atoms with van der Waals surface area (Å²) in [5.74, 6) is -0.464. The van der Waals surface area contributed by atoms with E-state index in [9.17, 15) is 9.59 Å². The van der Waals surface area contributed by atoms with Gasteiger partial charge in [0.15, 0.2) is 0 Å². The van der Waals surface area contributed by atoms with Crippen molar-refractivity contribution < 1.29 is 23.6 Å². The van der Waals surface area contributed by atoms with Gasteiger partial charge in [0, 0.05) is 17.9 Å². The Morgan fingerprint density at radius 1 is 1.39 bits per heavy atom. The molecule has 0 saturated carbocycles. The summed E-state index contributed by atoms with van der Waals surface area (Å²) in [4.78, 5) is 29.9. The standard InChI is InChI=1S/C19H23N3O5S/c1-11-6-14(22-27-11)15-13(16(23)25-5)8-19(21-15,7-12-9-28-10-20-12)17(24)26-18(2,3)4/h6,8-10,15,21H,7H2,1-5H3/t15-,19+/m1/s1. The molecule has 1 N–H and O–H groups in total. The minimum atomic E-state index is -1.29. The SMILES string of the molecule is COC(=O)C1=C[C@@](Cc2cscn2)(C(=O)OC(C)(C)C)N[C@H]1c1cc(C)on1. The monoisotopic (exact) mass is 405 g/mol. The van der Waals surface area contributed by atoms with Crippen LogP contribution in [0.25, 0.3) is 0 Å². The third kappa shape index (κ3) is 4.15. The van der Waals surface area contributed by atoms with Crippen LogP contribution < -0.4 is 5.32 Å². The smallest absolute Gasteiger partial charge is 0.335 e. The van der Waals surface area contributed by atoms with E-state index < -0.39 is 29.1 Å². The largest absolute Gasteiger partial charge is 0.466 e. The number of carbonyl (C=O) groups excluding carboxylic acids is 2. The zero-order valence-electron chi connectivity index (χ0n) is 16.4. The van der Waals surface area contributed by atoms with E-state index in [-0.39, 0.29) is 12.0 Å². The molecule has 0 radical (unpaired) electrons. The Bertz CT molecular complexity index is 897. The Morgan fingerprint density at radius 3 is 2.68 bits per heavy atom. The van der Waals surface area contributed by atoms with Gasteiger partial charge in [0.1, 0.15) is 22.6 Å². The molecule has 1 aliphatic rings. The van der Waals surface area contributed by atoms with Gasteiger partial charge < -0.3 is 14.0 Å². The van der Waals surface area contributed by atoms with E-state index in [4.69, 9.17) is 14.0 Å². The summed E-state index contributed by atoms with van der Waals surface area (Å²) in [6.45, 7) is 7.13. The third-order valence-electron chi connectivity index (χ3n) is 4.18. The number of rotatable bonds is 5. The second kappa shape index (κ2) is 7.48. The lowest BCUT2D eigenvalue weighted by atomic mass is 9.94. The van der Waals surface area contributed by atoms with Gasteiger partial charge >= 0.3 is 11.9 Å². The predicted octanol–water partition coefficient (Wildman–Crippen LogP) is 2.51. The van der Waals surface area contributed by atoms with Crippen LogP contribution in [0.1, 0.15) is 44.0 Å². The molecular formula is C19H23N3O5S. The van der Waals surface area contributed by atoms with Gasteiger partial charge in [0.25, 0.3) is 0 Å². The van der Waals surface area contributed by atoms with E-state index in [1.54, 1.807) is 45.3 Å². The summed E-state index contributed by atoms with van der Waals surface area (Å²) in [7, 11) is 1.29. The molecule has 2 aromatic rings. The quantitative estimate of drug-likeness (QED) is 0.757. The molecule has 0 aliphatic carbocycles. The average Bonchev–Trinajstić information content (AvgIpc) is 3.33. The average molecular weight is 405 g/mol. The highest BCUT2D eigenvalue weighted by Gasteiger charge is 2.50. The molecular weight excluding hydrogens is 382 g/mol. The molecule has 3 rings (SSSR count). The zero-order chi connectivity index (χ0) is 20.5. The number of methoxy groups -OCH3 is 1. The number of aromatic nitrogens is 2. The fourth-order valence-electron chi connectivity index (χ4n) is 3.05. The van der Waals surface area contributed by atoms with Gasteiger partial charge in [-0.2, -0.15) is 0 Å². The van der Waals surface area contributed by atoms with E-state index in [1.165, 1.54) is 18.4 Å². The second-order valence-electron chi connectivity index (χ2n) is 7.66. The first-order chi connectivity index (χ1) is 13.1. The third-order valence-corrected chi connectivity index (χ3v) is 4.82. The number of esters is 2. The summed E-state index contributed by atoms with van der Waals surface area (Å²) in [5.41, 5.74) is 1.17. The van der Waals surface area contributed by atoms with Crippen LogP contribution in [0.2, 0.25) is 0 Å². The molecule has 0 aromatic carbocycles. The van der Waals surface area contributed by atoms with Crippen LogP contribution in [0.4, 0.5) is 0 Å². The number of hydrogen-bond acceptors (Lipinski definition) is 9. The van der Waals surface area contributed by atoms with Gasteiger partial charge in [-0.3, -0.25) is 5.32 Å². The molecule has 3 heterocycles. The van der Waals surface area contributed by atoms with Gasteiger partial charge in [-0.05, 0) is 33.8 Å². The number of carbonyl (C=O) groups is 2. The summed E-state index contributed by atoms with van der Waals surface area (Å²) in [6, 6.07) is 1.04. The van der Waals surface area contributed by atoms with Crippen LogP contribution >= 0.6 is 11.3 Å². The first-order valence-corrected chi connectivity index (χ1v) is 9.70. The molecule has 0 bridgehead atoms. The van der Waals surface area contributed by atoms with Crippen molar-refractivity contribution in [2.75, 3.05) is 7.11 Å². The molecule has 150 valence electrons. The Hall–Kier alpha value is -2.52. The number of nitrogens with one attached hydrogen (secondary N) is 1. The predicted molar refractivity (Wildman–Crippen MR) is 102 cm³/mol. The summed E-state index contributed by atoms with van der Waals surface area (Å²) in [6.07, 6.45) is 1.79. The Labute approximate surface area is 166 Å². The molecule has 2 aromatic heterocycles. The van der Waals surface area contributed by atoms with E-state index in [2.05, 4.69) is 15.5 Å². The van der Waals surface area contributed by atoms with E-state index in [1.807, 2.05) is 5.38 Å². The molecule has 8 nitrogen and oxygen atoms in total. The normalized spacial score (nSPS) is 22.0. The molecule has 0 amide bonds. The van der Waals surface area contributed by atoms with Crippen LogP contribution in [-0.4, -0.2) is 40.3 Å². The number of thiazole rings is 1. The van der Waals surface area contributed by atoms with Crippen LogP contribution in [0.15, 0.2) is 33.1 Å². The maximum Gasteiger partial charge on any atom is 0.335 e. The molecule has 28 heavy (non-hydrogen) atoms. The van der Waals surface area contributed by atoms with E-state index in [0.29, 0.717) is 17.1 Å². The minimum absolute atomic E-state index is 0.221. The lowest BCUT2D eigenvalue weighted by Crippen LogP contribution is -2.53. The van der Waals surface area contributed by atoms with Crippen molar-refractivity contribution in [3.05, 3.63) is 45.8 Å². The number of nitrogens with zero attached hydrogens (tertiary/aromatic N) is 2. The molecule has 1 aliphatic heterocycles. The van der Waals surface area contributed by atoms with Crippen molar-refractivity contribution in [2.45, 2.75) is 51.3 Å². The van der Waals surface area contributed by atoms with Crippen LogP contribution in [-0.2, 0) is 25.5 Å². The van der Waals surface area contributed by atoms with Crippen molar-refractivity contribution in [3.63, 3.8) is 0 Å². The fourth-order valence-corrected chi connectivity index (χ4v) is 3.61. The molecule has 9 heteroatoms. The highest BCUT2D eigenvalue weighted by Crippen LogP contribution is 2.36. The van der Waals surface area contributed by atoms with Crippen molar-refractivity contribution in [1.29, 1.82) is 0 Å². The molecule has 0 spiro atoms. The lowest BCUT2D eigenvalue weighted by Gasteiger charge is -2.31. The first-order valence-electron chi connectivity index (χ1n) is 8.76. The highest BCUT2D eigenvalue weighted by molar-refractivity contribution is 7.07. The van der Waals surface area contributed by atoms with E-state index in [0.717, 1.165) is 0 Å². The van der Waals surface area contributed by atoms with Gasteiger partial charge in [0.2, 0.25) is 0 Å². The second-order valence-corrected chi connectivity index (χ2v) is 8.38. The van der Waals surface area contributed by atoms with E-state index >= 15 is 0 Å². The van der Waals surface area contributed by atoms with Crippen molar-refractivity contribution in [3.8, 4) is 0 Å². The molecule has 0 fully saturated rings.